The first-order valence-corrected chi connectivity index (χ1v) is 11.4. The van der Waals surface area contributed by atoms with Gasteiger partial charge >= 0.3 is 6.03 Å². The van der Waals surface area contributed by atoms with Gasteiger partial charge in [0.05, 0.1) is 13.8 Å². The van der Waals surface area contributed by atoms with Gasteiger partial charge in [-0.15, -0.1) is 0 Å². The zero-order chi connectivity index (χ0) is 22.3. The van der Waals surface area contributed by atoms with Gasteiger partial charge < -0.3 is 15.0 Å². The first-order chi connectivity index (χ1) is 15.5. The number of carbonyl (C=O) groups is 2. The topological polar surface area (TPSA) is 65.1 Å². The van der Waals surface area contributed by atoms with E-state index < -0.39 is 5.54 Å². The maximum Gasteiger partial charge on any atom is 0.326 e. The van der Waals surface area contributed by atoms with Crippen LogP contribution in [0.25, 0.3) is 0 Å². The molecule has 7 nitrogen and oxygen atoms in total. The summed E-state index contributed by atoms with van der Waals surface area (Å²) in [7, 11) is 1.67. The van der Waals surface area contributed by atoms with Gasteiger partial charge in [0.1, 0.15) is 11.3 Å². The lowest BCUT2D eigenvalue weighted by Gasteiger charge is -2.37. The van der Waals surface area contributed by atoms with E-state index in [4.69, 9.17) is 4.74 Å². The second kappa shape index (κ2) is 8.13. The lowest BCUT2D eigenvalue weighted by Crippen LogP contribution is -2.51. The predicted molar refractivity (Wildman–Crippen MR) is 123 cm³/mol. The standard InChI is InChI=1S/C25H30N4O3/c1-25(20-7-6-18-4-3-5-19(18)16-20)23(30)29(24(31)26-25)17-27-12-14-28(15-13-27)21-8-10-22(32-2)11-9-21/h6-11,16H,3-5,12-15,17H2,1-2H3,(H,26,31)/t25-/m0/s1. The van der Waals surface area contributed by atoms with Crippen molar-refractivity contribution in [3.05, 3.63) is 59.2 Å². The SMILES string of the molecule is COc1ccc(N2CCN(CN3C(=O)N[C@@](C)(c4ccc5c(c4)CCC5)C3=O)CC2)cc1. The minimum Gasteiger partial charge on any atom is -0.497 e. The quantitative estimate of drug-likeness (QED) is 0.733. The fourth-order valence-electron chi connectivity index (χ4n) is 5.04. The molecule has 0 saturated carbocycles. The van der Waals surface area contributed by atoms with Gasteiger partial charge in [-0.2, -0.15) is 0 Å². The Labute approximate surface area is 188 Å². The molecule has 0 spiro atoms. The molecule has 3 amide bonds. The molecular weight excluding hydrogens is 404 g/mol. The number of hydrogen-bond donors (Lipinski definition) is 1. The van der Waals surface area contributed by atoms with Gasteiger partial charge in [-0.1, -0.05) is 18.2 Å². The van der Waals surface area contributed by atoms with E-state index in [-0.39, 0.29) is 11.9 Å². The van der Waals surface area contributed by atoms with E-state index in [2.05, 4.69) is 39.4 Å². The van der Waals surface area contributed by atoms with Crippen molar-refractivity contribution in [2.45, 2.75) is 31.7 Å². The number of piperazine rings is 1. The van der Waals surface area contributed by atoms with Gasteiger partial charge in [-0.3, -0.25) is 9.69 Å². The van der Waals surface area contributed by atoms with Crippen LogP contribution in [0.4, 0.5) is 10.5 Å². The number of methoxy groups -OCH3 is 1. The lowest BCUT2D eigenvalue weighted by atomic mass is 9.90. The molecule has 168 valence electrons. The Hall–Kier alpha value is -3.06. The van der Waals surface area contributed by atoms with Crippen LogP contribution in [-0.4, -0.2) is 61.7 Å². The molecule has 1 atom stereocenters. The van der Waals surface area contributed by atoms with Gasteiger partial charge in [-0.05, 0) is 67.1 Å². The van der Waals surface area contributed by atoms with Crippen LogP contribution in [0.2, 0.25) is 0 Å². The molecule has 1 aliphatic carbocycles. The summed E-state index contributed by atoms with van der Waals surface area (Å²) in [6, 6.07) is 14.0. The average molecular weight is 435 g/mol. The summed E-state index contributed by atoms with van der Waals surface area (Å²) in [5.41, 5.74) is 3.70. The molecule has 32 heavy (non-hydrogen) atoms. The zero-order valence-electron chi connectivity index (χ0n) is 18.8. The highest BCUT2D eigenvalue weighted by Crippen LogP contribution is 2.33. The van der Waals surface area contributed by atoms with Crippen molar-refractivity contribution in [2.75, 3.05) is 44.9 Å². The van der Waals surface area contributed by atoms with Gasteiger partial charge in [0.2, 0.25) is 0 Å². The Kier molecular flexibility index (Phi) is 5.29. The fraction of sp³-hybridized carbons (Fsp3) is 0.440. The Morgan fingerprint density at radius 3 is 2.41 bits per heavy atom. The number of hydrogen-bond acceptors (Lipinski definition) is 5. The Morgan fingerprint density at radius 2 is 1.69 bits per heavy atom. The van der Waals surface area contributed by atoms with Gasteiger partial charge in [0.25, 0.3) is 5.91 Å². The molecule has 2 heterocycles. The minimum atomic E-state index is -1.00. The molecule has 5 rings (SSSR count). The average Bonchev–Trinajstić information content (AvgIpc) is 3.38. The van der Waals surface area contributed by atoms with E-state index >= 15 is 0 Å². The maximum atomic E-state index is 13.4. The Bertz CT molecular complexity index is 1030. The summed E-state index contributed by atoms with van der Waals surface area (Å²) in [6.07, 6.45) is 3.30. The highest BCUT2D eigenvalue weighted by atomic mass is 16.5. The molecule has 2 fully saturated rings. The summed E-state index contributed by atoms with van der Waals surface area (Å²) in [6.45, 7) is 5.42. The zero-order valence-corrected chi connectivity index (χ0v) is 18.8. The van der Waals surface area contributed by atoms with Crippen LogP contribution in [-0.2, 0) is 23.2 Å². The van der Waals surface area contributed by atoms with Crippen LogP contribution in [0.5, 0.6) is 5.75 Å². The van der Waals surface area contributed by atoms with E-state index in [9.17, 15) is 9.59 Å². The number of nitrogens with zero attached hydrogens (tertiary/aromatic N) is 3. The van der Waals surface area contributed by atoms with Crippen molar-refractivity contribution in [3.8, 4) is 5.75 Å². The van der Waals surface area contributed by atoms with Gasteiger partial charge in [0.15, 0.2) is 0 Å². The second-order valence-corrected chi connectivity index (χ2v) is 9.07. The summed E-state index contributed by atoms with van der Waals surface area (Å²) in [5, 5.41) is 2.96. The molecular formula is C25H30N4O3. The number of amides is 3. The molecule has 2 aliphatic heterocycles. The third kappa shape index (κ3) is 3.60. The van der Waals surface area contributed by atoms with Crippen molar-refractivity contribution in [1.82, 2.24) is 15.1 Å². The molecule has 2 aromatic rings. The van der Waals surface area contributed by atoms with Crippen molar-refractivity contribution >= 4 is 17.6 Å². The number of anilines is 1. The normalized spacial score (nSPS) is 23.4. The highest BCUT2D eigenvalue weighted by molar-refractivity contribution is 6.07. The number of rotatable bonds is 5. The van der Waals surface area contributed by atoms with Crippen molar-refractivity contribution in [1.29, 1.82) is 0 Å². The third-order valence-electron chi connectivity index (χ3n) is 7.10. The van der Waals surface area contributed by atoms with Crippen LogP contribution < -0.4 is 15.0 Å². The van der Waals surface area contributed by atoms with Crippen LogP contribution in [0.1, 0.15) is 30.0 Å². The lowest BCUT2D eigenvalue weighted by molar-refractivity contribution is -0.132. The number of imide groups is 1. The largest absolute Gasteiger partial charge is 0.497 e. The third-order valence-corrected chi connectivity index (χ3v) is 7.10. The summed E-state index contributed by atoms with van der Waals surface area (Å²) >= 11 is 0. The molecule has 1 N–H and O–H groups in total. The molecule has 7 heteroatoms. The number of ether oxygens (including phenoxy) is 1. The number of nitrogens with one attached hydrogen (secondary N) is 1. The van der Waals surface area contributed by atoms with E-state index in [1.165, 1.54) is 16.0 Å². The summed E-state index contributed by atoms with van der Waals surface area (Å²) < 4.78 is 5.24. The van der Waals surface area contributed by atoms with Crippen LogP contribution in [0.3, 0.4) is 0 Å². The molecule has 2 saturated heterocycles. The molecule has 0 aromatic heterocycles. The first kappa shape index (κ1) is 20.8. The molecule has 2 aromatic carbocycles. The summed E-state index contributed by atoms with van der Waals surface area (Å²) in [5.74, 6) is 0.676. The van der Waals surface area contributed by atoms with Gasteiger partial charge in [-0.25, -0.2) is 9.69 Å². The van der Waals surface area contributed by atoms with E-state index in [1.807, 2.05) is 25.1 Å². The van der Waals surface area contributed by atoms with Crippen LogP contribution in [0.15, 0.2) is 42.5 Å². The van der Waals surface area contributed by atoms with E-state index in [0.29, 0.717) is 6.67 Å². The molecule has 0 bridgehead atoms. The fourth-order valence-corrected chi connectivity index (χ4v) is 5.04. The number of fused-ring (bicyclic) bond motifs is 1. The molecule has 0 radical (unpaired) electrons. The number of carbonyl (C=O) groups excluding carboxylic acids is 2. The van der Waals surface area contributed by atoms with Gasteiger partial charge in [0, 0.05) is 31.9 Å². The minimum absolute atomic E-state index is 0.168. The van der Waals surface area contributed by atoms with Crippen LogP contribution >= 0.6 is 0 Å². The summed E-state index contributed by atoms with van der Waals surface area (Å²) in [4.78, 5) is 32.0. The number of aryl methyl sites for hydroxylation is 2. The second-order valence-electron chi connectivity index (χ2n) is 9.07. The van der Waals surface area contributed by atoms with Crippen molar-refractivity contribution < 1.29 is 14.3 Å². The monoisotopic (exact) mass is 434 g/mol. The van der Waals surface area contributed by atoms with Crippen molar-refractivity contribution in [3.63, 3.8) is 0 Å². The predicted octanol–water partition coefficient (Wildman–Crippen LogP) is 2.73. The molecule has 3 aliphatic rings. The smallest absolute Gasteiger partial charge is 0.326 e. The Balaban J connectivity index is 1.23. The van der Waals surface area contributed by atoms with Crippen LogP contribution in [0, 0.1) is 0 Å². The Morgan fingerprint density at radius 1 is 0.969 bits per heavy atom. The maximum absolute atomic E-state index is 13.4. The first-order valence-electron chi connectivity index (χ1n) is 11.4. The molecule has 0 unspecified atom stereocenters. The van der Waals surface area contributed by atoms with E-state index in [0.717, 1.165) is 62.4 Å². The van der Waals surface area contributed by atoms with E-state index in [1.54, 1.807) is 7.11 Å². The number of urea groups is 1. The number of benzene rings is 2. The highest BCUT2D eigenvalue weighted by Gasteiger charge is 2.49. The van der Waals surface area contributed by atoms with Crippen molar-refractivity contribution in [2.24, 2.45) is 0 Å².